The Labute approximate surface area is 98.8 Å². The van der Waals surface area contributed by atoms with Crippen molar-refractivity contribution in [1.29, 1.82) is 0 Å². The summed E-state index contributed by atoms with van der Waals surface area (Å²) < 4.78 is 0. The fourth-order valence-corrected chi connectivity index (χ4v) is 1.86. The lowest BCUT2D eigenvalue weighted by atomic mass is 9.99. The first-order chi connectivity index (χ1) is 8.11. The molecule has 2 aromatic rings. The second-order valence-electron chi connectivity index (χ2n) is 3.82. The monoisotopic (exact) mass is 228 g/mol. The third kappa shape index (κ3) is 1.97. The van der Waals surface area contributed by atoms with Crippen LogP contribution in [0.3, 0.4) is 0 Å². The first-order valence-electron chi connectivity index (χ1n) is 5.20. The van der Waals surface area contributed by atoms with Gasteiger partial charge in [-0.3, -0.25) is 10.1 Å². The Morgan fingerprint density at radius 3 is 2.35 bits per heavy atom. The van der Waals surface area contributed by atoms with Gasteiger partial charge in [-0.15, -0.1) is 0 Å². The predicted octanol–water partition coefficient (Wildman–Crippen LogP) is 3.15. The van der Waals surface area contributed by atoms with Crippen molar-refractivity contribution in [3.05, 3.63) is 58.1 Å². The summed E-state index contributed by atoms with van der Waals surface area (Å²) in [6, 6.07) is 12.4. The van der Waals surface area contributed by atoms with E-state index in [1.807, 2.05) is 6.07 Å². The lowest BCUT2D eigenvalue weighted by Gasteiger charge is -2.07. The molecular weight excluding hydrogens is 216 g/mol. The number of benzene rings is 2. The zero-order valence-corrected chi connectivity index (χ0v) is 9.38. The number of hydrogen-bond acceptors (Lipinski definition) is 3. The van der Waals surface area contributed by atoms with Gasteiger partial charge in [0.25, 0.3) is 5.69 Å². The molecule has 2 N–H and O–H groups in total. The standard InChI is InChI=1S/C13H12N2O2/c1-9-5-4-7-11(13(9)15(16)17)10-6-2-3-8-12(10)14/h2-8H,14H2,1H3. The minimum atomic E-state index is -0.364. The largest absolute Gasteiger partial charge is 0.398 e. The van der Waals surface area contributed by atoms with Gasteiger partial charge in [-0.05, 0) is 19.1 Å². The van der Waals surface area contributed by atoms with E-state index < -0.39 is 0 Å². The van der Waals surface area contributed by atoms with E-state index in [0.29, 0.717) is 22.4 Å². The minimum Gasteiger partial charge on any atom is -0.398 e. The van der Waals surface area contributed by atoms with E-state index in [-0.39, 0.29) is 10.6 Å². The highest BCUT2D eigenvalue weighted by Crippen LogP contribution is 2.35. The van der Waals surface area contributed by atoms with Crippen LogP contribution in [0.2, 0.25) is 0 Å². The van der Waals surface area contributed by atoms with Crippen molar-refractivity contribution in [3.8, 4) is 11.1 Å². The van der Waals surface area contributed by atoms with Gasteiger partial charge in [0.15, 0.2) is 0 Å². The van der Waals surface area contributed by atoms with Crippen LogP contribution < -0.4 is 5.73 Å². The van der Waals surface area contributed by atoms with Crippen molar-refractivity contribution in [3.63, 3.8) is 0 Å². The van der Waals surface area contributed by atoms with Gasteiger partial charge in [-0.2, -0.15) is 0 Å². The summed E-state index contributed by atoms with van der Waals surface area (Å²) in [5.74, 6) is 0. The quantitative estimate of drug-likeness (QED) is 0.487. The molecule has 0 radical (unpaired) electrons. The molecule has 0 saturated heterocycles. The van der Waals surface area contributed by atoms with Gasteiger partial charge in [0.05, 0.1) is 10.5 Å². The highest BCUT2D eigenvalue weighted by atomic mass is 16.6. The Kier molecular flexibility index (Phi) is 2.78. The van der Waals surface area contributed by atoms with Crippen LogP contribution in [0.5, 0.6) is 0 Å². The molecule has 2 aromatic carbocycles. The first kappa shape index (κ1) is 11.1. The number of anilines is 1. The van der Waals surface area contributed by atoms with Crippen molar-refractivity contribution < 1.29 is 4.92 Å². The highest BCUT2D eigenvalue weighted by molar-refractivity contribution is 5.83. The van der Waals surface area contributed by atoms with Crippen LogP contribution in [-0.2, 0) is 0 Å². The molecule has 86 valence electrons. The number of nitro groups is 1. The molecule has 0 aliphatic carbocycles. The molecule has 0 aliphatic rings. The Balaban J connectivity index is 2.72. The summed E-state index contributed by atoms with van der Waals surface area (Å²) in [4.78, 5) is 10.7. The Morgan fingerprint density at radius 2 is 1.71 bits per heavy atom. The summed E-state index contributed by atoms with van der Waals surface area (Å²) in [5.41, 5.74) is 8.40. The van der Waals surface area contributed by atoms with Crippen molar-refractivity contribution in [2.24, 2.45) is 0 Å². The molecule has 0 spiro atoms. The Morgan fingerprint density at radius 1 is 1.06 bits per heavy atom. The van der Waals surface area contributed by atoms with E-state index in [0.717, 1.165) is 0 Å². The summed E-state index contributed by atoms with van der Waals surface area (Å²) in [6.07, 6.45) is 0. The summed E-state index contributed by atoms with van der Waals surface area (Å²) >= 11 is 0. The van der Waals surface area contributed by atoms with Crippen molar-refractivity contribution in [2.45, 2.75) is 6.92 Å². The molecule has 2 rings (SSSR count). The number of nitrogens with zero attached hydrogens (tertiary/aromatic N) is 1. The molecule has 0 aliphatic heterocycles. The van der Waals surface area contributed by atoms with Gasteiger partial charge >= 0.3 is 0 Å². The van der Waals surface area contributed by atoms with Gasteiger partial charge in [0.2, 0.25) is 0 Å². The van der Waals surface area contributed by atoms with Crippen LogP contribution in [0.4, 0.5) is 11.4 Å². The summed E-state index contributed by atoms with van der Waals surface area (Å²) in [7, 11) is 0. The average Bonchev–Trinajstić information content (AvgIpc) is 2.28. The number of nitro benzene ring substituents is 1. The first-order valence-corrected chi connectivity index (χ1v) is 5.20. The molecule has 0 bridgehead atoms. The molecule has 0 amide bonds. The normalized spacial score (nSPS) is 10.2. The van der Waals surface area contributed by atoms with E-state index >= 15 is 0 Å². The molecule has 0 unspecified atom stereocenters. The van der Waals surface area contributed by atoms with Crippen molar-refractivity contribution in [1.82, 2.24) is 0 Å². The number of para-hydroxylation sites is 2. The minimum absolute atomic E-state index is 0.116. The van der Waals surface area contributed by atoms with E-state index in [9.17, 15) is 10.1 Å². The van der Waals surface area contributed by atoms with Crippen molar-refractivity contribution in [2.75, 3.05) is 5.73 Å². The van der Waals surface area contributed by atoms with Crippen LogP contribution in [0.1, 0.15) is 5.56 Å². The third-order valence-corrected chi connectivity index (χ3v) is 2.67. The second-order valence-corrected chi connectivity index (χ2v) is 3.82. The lowest BCUT2D eigenvalue weighted by Crippen LogP contribution is -1.97. The van der Waals surface area contributed by atoms with Crippen LogP contribution in [-0.4, -0.2) is 4.92 Å². The molecular formula is C13H12N2O2. The SMILES string of the molecule is Cc1cccc(-c2ccccc2N)c1[N+](=O)[O-]. The maximum atomic E-state index is 11.1. The number of nitrogens with two attached hydrogens (primary N) is 1. The zero-order valence-electron chi connectivity index (χ0n) is 9.38. The summed E-state index contributed by atoms with van der Waals surface area (Å²) in [6.45, 7) is 1.72. The maximum Gasteiger partial charge on any atom is 0.280 e. The van der Waals surface area contributed by atoms with E-state index in [1.165, 1.54) is 0 Å². The van der Waals surface area contributed by atoms with Crippen LogP contribution in [0.15, 0.2) is 42.5 Å². The maximum absolute atomic E-state index is 11.1. The van der Waals surface area contributed by atoms with Crippen LogP contribution in [0, 0.1) is 17.0 Å². The van der Waals surface area contributed by atoms with Gasteiger partial charge in [0, 0.05) is 16.8 Å². The molecule has 0 saturated carbocycles. The second kappa shape index (κ2) is 4.25. The van der Waals surface area contributed by atoms with Crippen molar-refractivity contribution >= 4 is 11.4 Å². The van der Waals surface area contributed by atoms with E-state index in [4.69, 9.17) is 5.73 Å². The van der Waals surface area contributed by atoms with Gasteiger partial charge in [-0.25, -0.2) is 0 Å². The number of nitrogen functional groups attached to an aromatic ring is 1. The van der Waals surface area contributed by atoms with Gasteiger partial charge < -0.3 is 5.73 Å². The van der Waals surface area contributed by atoms with Crippen LogP contribution in [0.25, 0.3) is 11.1 Å². The average molecular weight is 228 g/mol. The number of hydrogen-bond donors (Lipinski definition) is 1. The molecule has 17 heavy (non-hydrogen) atoms. The predicted molar refractivity (Wildman–Crippen MR) is 67.7 cm³/mol. The molecule has 0 fully saturated rings. The fraction of sp³-hybridized carbons (Fsp3) is 0.0769. The molecule has 4 heteroatoms. The number of aryl methyl sites for hydroxylation is 1. The molecule has 0 heterocycles. The zero-order chi connectivity index (χ0) is 12.4. The number of rotatable bonds is 2. The van der Waals surface area contributed by atoms with Gasteiger partial charge in [-0.1, -0.05) is 30.3 Å². The summed E-state index contributed by atoms with van der Waals surface area (Å²) in [5, 5.41) is 11.1. The van der Waals surface area contributed by atoms with Gasteiger partial charge in [0.1, 0.15) is 0 Å². The third-order valence-electron chi connectivity index (χ3n) is 2.67. The highest BCUT2D eigenvalue weighted by Gasteiger charge is 2.18. The Hall–Kier alpha value is -2.36. The molecule has 0 aromatic heterocycles. The topological polar surface area (TPSA) is 69.2 Å². The van der Waals surface area contributed by atoms with Crippen LogP contribution >= 0.6 is 0 Å². The van der Waals surface area contributed by atoms with E-state index in [1.54, 1.807) is 43.3 Å². The fourth-order valence-electron chi connectivity index (χ4n) is 1.86. The lowest BCUT2D eigenvalue weighted by molar-refractivity contribution is -0.384. The van der Waals surface area contributed by atoms with E-state index in [2.05, 4.69) is 0 Å². The Bertz CT molecular complexity index is 579. The molecule has 0 atom stereocenters. The smallest absolute Gasteiger partial charge is 0.280 e. The molecule has 4 nitrogen and oxygen atoms in total.